The van der Waals surface area contributed by atoms with Crippen molar-refractivity contribution in [2.45, 2.75) is 83.9 Å². The third-order valence-electron chi connectivity index (χ3n) is 5.78. The Bertz CT molecular complexity index is 1100. The summed E-state index contributed by atoms with van der Waals surface area (Å²) >= 11 is 0. The lowest BCUT2D eigenvalue weighted by atomic mass is 10.2. The van der Waals surface area contributed by atoms with E-state index in [4.69, 9.17) is 9.84 Å². The number of allylic oxidation sites excluding steroid dienone is 1. The molecule has 2 heterocycles. The first-order valence-corrected chi connectivity index (χ1v) is 12.7. The number of hydrazine groups is 1. The number of ether oxygens (including phenoxy) is 1. The first-order valence-electron chi connectivity index (χ1n) is 12.7. The number of fused-ring (bicyclic) bond motifs is 1. The molecule has 0 aliphatic heterocycles. The third-order valence-corrected chi connectivity index (χ3v) is 5.78. The van der Waals surface area contributed by atoms with E-state index in [1.807, 2.05) is 45.5 Å². The van der Waals surface area contributed by atoms with Crippen molar-refractivity contribution in [2.75, 3.05) is 32.8 Å². The number of hydrogen-bond donors (Lipinski definition) is 2. The fourth-order valence-electron chi connectivity index (χ4n) is 3.43. The van der Waals surface area contributed by atoms with Crippen LogP contribution in [0.1, 0.15) is 65.6 Å². The standard InChI is InChI=1S/C17H24N8O.C5H12O.C4H6F2O/c1-23(2)8-5-9-24-11-19-15-16(24)21-14(10-18)22-17(15)25(20-12-26)13-6-3-4-7-13;1-5(2,3)6-4;1-3(7)4(2,5)6/h11-13H,3-9H2,1-2H3,(H,20,26);1-4H3;7H,1H2,2H3. The Hall–Kier alpha value is -3.37. The van der Waals surface area contributed by atoms with Crippen molar-refractivity contribution in [3.05, 3.63) is 24.5 Å². The number of halogens is 2. The second kappa shape index (κ2) is 15.3. The molecule has 0 bridgehead atoms. The molecule has 0 aromatic carbocycles. The average Bonchev–Trinajstić information content (AvgIpc) is 3.52. The summed E-state index contributed by atoms with van der Waals surface area (Å²) in [6, 6.07) is 2.18. The Morgan fingerprint density at radius 2 is 1.87 bits per heavy atom. The number of aromatic nitrogens is 4. The minimum Gasteiger partial charge on any atom is -0.507 e. The molecule has 39 heavy (non-hydrogen) atoms. The monoisotopic (exact) mass is 552 g/mol. The summed E-state index contributed by atoms with van der Waals surface area (Å²) in [5.41, 5.74) is 4.02. The summed E-state index contributed by atoms with van der Waals surface area (Å²) in [6.07, 6.45) is 7.48. The van der Waals surface area contributed by atoms with Gasteiger partial charge >= 0.3 is 0 Å². The molecule has 1 aliphatic rings. The molecule has 1 saturated carbocycles. The van der Waals surface area contributed by atoms with Crippen LogP contribution in [-0.4, -0.2) is 81.3 Å². The van der Waals surface area contributed by atoms with Crippen molar-refractivity contribution < 1.29 is 23.4 Å². The van der Waals surface area contributed by atoms with E-state index < -0.39 is 11.7 Å². The first-order chi connectivity index (χ1) is 18.1. The van der Waals surface area contributed by atoms with Crippen molar-refractivity contribution in [1.29, 1.82) is 5.26 Å². The van der Waals surface area contributed by atoms with Crippen LogP contribution in [-0.2, 0) is 16.1 Å². The van der Waals surface area contributed by atoms with Crippen molar-refractivity contribution in [1.82, 2.24) is 29.8 Å². The van der Waals surface area contributed by atoms with Crippen molar-refractivity contribution in [3.63, 3.8) is 0 Å². The molecule has 13 heteroatoms. The van der Waals surface area contributed by atoms with E-state index in [2.05, 4.69) is 31.9 Å². The number of carbonyl (C=O) groups is 1. The number of nitrogens with one attached hydrogen (secondary N) is 1. The van der Waals surface area contributed by atoms with Gasteiger partial charge in [0, 0.05) is 20.6 Å². The van der Waals surface area contributed by atoms with E-state index in [1.165, 1.54) is 0 Å². The normalized spacial score (nSPS) is 13.7. The molecule has 218 valence electrons. The number of carbonyl (C=O) groups excluding carboxylic acids is 1. The zero-order chi connectivity index (χ0) is 29.8. The highest BCUT2D eigenvalue weighted by molar-refractivity contribution is 5.84. The highest BCUT2D eigenvalue weighted by atomic mass is 19.3. The number of anilines is 1. The molecule has 0 spiro atoms. The third kappa shape index (κ3) is 11.5. The molecule has 1 amide bonds. The van der Waals surface area contributed by atoms with Gasteiger partial charge in [-0.2, -0.15) is 24.0 Å². The number of alkyl halides is 2. The predicted molar refractivity (Wildman–Crippen MR) is 146 cm³/mol. The van der Waals surface area contributed by atoms with Gasteiger partial charge in [0.2, 0.25) is 12.2 Å². The number of aryl methyl sites for hydroxylation is 1. The number of methoxy groups -OCH3 is 1. The van der Waals surface area contributed by atoms with E-state index in [0.717, 1.165) is 45.2 Å². The lowest BCUT2D eigenvalue weighted by molar-refractivity contribution is -0.109. The maximum Gasteiger partial charge on any atom is 0.300 e. The predicted octanol–water partition coefficient (Wildman–Crippen LogP) is 4.20. The zero-order valence-electron chi connectivity index (χ0n) is 24.0. The molecule has 0 unspecified atom stereocenters. The molecule has 0 atom stereocenters. The number of imidazole rings is 1. The van der Waals surface area contributed by atoms with Gasteiger partial charge in [0.05, 0.1) is 18.0 Å². The Balaban J connectivity index is 0.000000486. The van der Waals surface area contributed by atoms with Gasteiger partial charge in [-0.1, -0.05) is 19.4 Å². The molecule has 2 aromatic rings. The van der Waals surface area contributed by atoms with Gasteiger partial charge in [-0.3, -0.25) is 15.2 Å². The average molecular weight is 553 g/mol. The van der Waals surface area contributed by atoms with E-state index in [-0.39, 0.29) is 17.5 Å². The summed E-state index contributed by atoms with van der Waals surface area (Å²) < 4.78 is 29.9. The van der Waals surface area contributed by atoms with Gasteiger partial charge in [-0.05, 0) is 60.7 Å². The van der Waals surface area contributed by atoms with E-state index >= 15 is 0 Å². The van der Waals surface area contributed by atoms with Gasteiger partial charge in [0.1, 0.15) is 6.07 Å². The molecule has 1 fully saturated rings. The number of amides is 1. The van der Waals surface area contributed by atoms with Crippen LogP contribution < -0.4 is 10.4 Å². The van der Waals surface area contributed by atoms with Crippen LogP contribution in [0.4, 0.5) is 14.6 Å². The number of aliphatic hydroxyl groups is 1. The maximum atomic E-state index is 11.5. The van der Waals surface area contributed by atoms with Crippen LogP contribution in [0.25, 0.3) is 11.2 Å². The largest absolute Gasteiger partial charge is 0.507 e. The smallest absolute Gasteiger partial charge is 0.300 e. The van der Waals surface area contributed by atoms with Gasteiger partial charge in [-0.25, -0.2) is 4.98 Å². The van der Waals surface area contributed by atoms with E-state index in [1.54, 1.807) is 18.4 Å². The van der Waals surface area contributed by atoms with E-state index in [9.17, 15) is 18.8 Å². The molecule has 11 nitrogen and oxygen atoms in total. The molecule has 0 radical (unpaired) electrons. The van der Waals surface area contributed by atoms with Gasteiger partial charge in [0.15, 0.2) is 22.7 Å². The molecule has 0 saturated heterocycles. The molecule has 2 aromatic heterocycles. The molecule has 2 N–H and O–H groups in total. The molecular formula is C26H42F2N8O3. The Morgan fingerprint density at radius 3 is 2.31 bits per heavy atom. The Morgan fingerprint density at radius 1 is 1.31 bits per heavy atom. The summed E-state index contributed by atoms with van der Waals surface area (Å²) in [5, 5.41) is 19.1. The van der Waals surface area contributed by atoms with Crippen molar-refractivity contribution in [3.8, 4) is 6.07 Å². The minimum atomic E-state index is -3.14. The summed E-state index contributed by atoms with van der Waals surface area (Å²) in [6.45, 7) is 11.0. The minimum absolute atomic E-state index is 0.0417. The maximum absolute atomic E-state index is 11.5. The van der Waals surface area contributed by atoms with Crippen LogP contribution in [0.3, 0.4) is 0 Å². The highest BCUT2D eigenvalue weighted by Gasteiger charge is 2.27. The van der Waals surface area contributed by atoms with Gasteiger partial charge in [-0.15, -0.1) is 0 Å². The second-order valence-corrected chi connectivity index (χ2v) is 10.5. The highest BCUT2D eigenvalue weighted by Crippen LogP contribution is 2.29. The number of aliphatic hydroxyl groups excluding tert-OH is 1. The van der Waals surface area contributed by atoms with Crippen molar-refractivity contribution >= 4 is 23.4 Å². The van der Waals surface area contributed by atoms with Crippen LogP contribution in [0.2, 0.25) is 0 Å². The topological polar surface area (TPSA) is 132 Å². The molecule has 3 rings (SSSR count). The summed E-state index contributed by atoms with van der Waals surface area (Å²) in [4.78, 5) is 26.5. The van der Waals surface area contributed by atoms with Crippen LogP contribution in [0.5, 0.6) is 0 Å². The molecular weight excluding hydrogens is 510 g/mol. The summed E-state index contributed by atoms with van der Waals surface area (Å²) in [5.74, 6) is -3.65. The number of nitrogens with zero attached hydrogens (tertiary/aromatic N) is 7. The lowest BCUT2D eigenvalue weighted by Crippen LogP contribution is -2.45. The Kier molecular flexibility index (Phi) is 13.2. The fraction of sp³-hybridized carbons (Fsp3) is 0.654. The quantitative estimate of drug-likeness (QED) is 0.267. The molecule has 1 aliphatic carbocycles. The van der Waals surface area contributed by atoms with E-state index in [0.29, 0.717) is 30.3 Å². The Labute approximate surface area is 229 Å². The number of rotatable bonds is 9. The van der Waals surface area contributed by atoms with Crippen molar-refractivity contribution in [2.24, 2.45) is 0 Å². The number of hydrogen-bond acceptors (Lipinski definition) is 9. The first kappa shape index (κ1) is 33.7. The van der Waals surface area contributed by atoms with Crippen LogP contribution in [0.15, 0.2) is 18.7 Å². The van der Waals surface area contributed by atoms with Gasteiger partial charge in [0.25, 0.3) is 5.92 Å². The zero-order valence-corrected chi connectivity index (χ0v) is 24.0. The number of nitriles is 1. The summed E-state index contributed by atoms with van der Waals surface area (Å²) in [7, 11) is 5.77. The fourth-order valence-corrected chi connectivity index (χ4v) is 3.43. The SMILES string of the molecule is C=C(O)C(C)(F)F.CN(C)CCCn1cnc2c(N(NC=O)C3CCCC3)nc(C#N)nc21.COC(C)(C)C. The second-order valence-electron chi connectivity index (χ2n) is 10.5. The van der Waals surface area contributed by atoms with Gasteiger partial charge < -0.3 is 19.3 Å². The van der Waals surface area contributed by atoms with Crippen LogP contribution in [0, 0.1) is 11.3 Å². The lowest BCUT2D eigenvalue weighted by Gasteiger charge is -2.28. The van der Waals surface area contributed by atoms with Crippen LogP contribution >= 0.6 is 0 Å².